The number of carbonyl (C=O) groups excluding carboxylic acids is 2. The van der Waals surface area contributed by atoms with Gasteiger partial charge in [-0.25, -0.2) is 0 Å². The van der Waals surface area contributed by atoms with Crippen molar-refractivity contribution in [1.82, 2.24) is 14.4 Å². The second-order valence-electron chi connectivity index (χ2n) is 9.52. The summed E-state index contributed by atoms with van der Waals surface area (Å²) in [6.45, 7) is 8.06. The molecular formula is C27H36N4O3. The zero-order valence-electron chi connectivity index (χ0n) is 20.6. The molecule has 1 aliphatic carbocycles. The largest absolute Gasteiger partial charge is 0.465 e. The van der Waals surface area contributed by atoms with Crippen LogP contribution in [0.5, 0.6) is 0 Å². The number of fused-ring (bicyclic) bond motifs is 1. The van der Waals surface area contributed by atoms with E-state index in [2.05, 4.69) is 28.5 Å². The molecule has 1 aromatic carbocycles. The van der Waals surface area contributed by atoms with E-state index in [0.29, 0.717) is 18.2 Å². The third-order valence-corrected chi connectivity index (χ3v) is 7.32. The standard InChI is InChI=1S/C27H36N4O3/c1-4-29-24(16-21-9-8-20(17-28)15-25(21)29)13-12-22-7-6-14-30(22)27(33)19(3)31(23-10-11-23)18-26(32)34-5-2/h8-9,15-16,19,22-23H,4-7,10-14,18H2,1-3H3/t19?,22-/m0/s1. The molecule has 34 heavy (non-hydrogen) atoms. The number of benzene rings is 1. The van der Waals surface area contributed by atoms with E-state index < -0.39 is 0 Å². The van der Waals surface area contributed by atoms with Gasteiger partial charge in [-0.2, -0.15) is 5.26 Å². The summed E-state index contributed by atoms with van der Waals surface area (Å²) >= 11 is 0. The zero-order chi connectivity index (χ0) is 24.2. The van der Waals surface area contributed by atoms with Gasteiger partial charge < -0.3 is 14.2 Å². The number of amides is 1. The molecule has 2 heterocycles. The Balaban J connectivity index is 1.44. The second-order valence-corrected chi connectivity index (χ2v) is 9.52. The van der Waals surface area contributed by atoms with E-state index in [4.69, 9.17) is 4.74 Å². The van der Waals surface area contributed by atoms with E-state index in [9.17, 15) is 14.9 Å². The van der Waals surface area contributed by atoms with Crippen molar-refractivity contribution in [2.75, 3.05) is 19.7 Å². The van der Waals surface area contributed by atoms with E-state index in [0.717, 1.165) is 62.5 Å². The molecule has 0 radical (unpaired) electrons. The Bertz CT molecular complexity index is 1080. The number of hydrogen-bond acceptors (Lipinski definition) is 5. The molecule has 2 atom stereocenters. The van der Waals surface area contributed by atoms with Crippen LogP contribution in [-0.2, 0) is 27.3 Å². The van der Waals surface area contributed by atoms with Gasteiger partial charge in [0.15, 0.2) is 0 Å². The van der Waals surface area contributed by atoms with Gasteiger partial charge in [0, 0.05) is 36.4 Å². The Morgan fingerprint density at radius 3 is 2.71 bits per heavy atom. The minimum atomic E-state index is -0.316. The first kappa shape index (κ1) is 24.3. The molecule has 1 saturated heterocycles. The molecule has 1 unspecified atom stereocenters. The summed E-state index contributed by atoms with van der Waals surface area (Å²) in [5.41, 5.74) is 3.03. The first-order valence-corrected chi connectivity index (χ1v) is 12.7. The number of nitrogens with zero attached hydrogens (tertiary/aromatic N) is 4. The quantitative estimate of drug-likeness (QED) is 0.499. The molecule has 2 aliphatic rings. The number of rotatable bonds is 10. The van der Waals surface area contributed by atoms with Gasteiger partial charge in [-0.15, -0.1) is 0 Å². The van der Waals surface area contributed by atoms with Crippen LogP contribution in [-0.4, -0.2) is 64.1 Å². The first-order valence-electron chi connectivity index (χ1n) is 12.7. The Kier molecular flexibility index (Phi) is 7.57. The summed E-state index contributed by atoms with van der Waals surface area (Å²) in [5.74, 6) is -0.118. The molecule has 4 rings (SSSR count). The molecule has 7 heteroatoms. The van der Waals surface area contributed by atoms with Crippen molar-refractivity contribution >= 4 is 22.8 Å². The molecular weight excluding hydrogens is 428 g/mol. The first-order chi connectivity index (χ1) is 16.5. The van der Waals surface area contributed by atoms with E-state index in [1.807, 2.05) is 36.9 Å². The predicted octanol–water partition coefficient (Wildman–Crippen LogP) is 3.87. The van der Waals surface area contributed by atoms with Crippen molar-refractivity contribution in [2.45, 2.75) is 84.0 Å². The van der Waals surface area contributed by atoms with Gasteiger partial charge in [0.2, 0.25) is 5.91 Å². The van der Waals surface area contributed by atoms with E-state index in [1.165, 1.54) is 5.69 Å². The maximum Gasteiger partial charge on any atom is 0.320 e. The average molecular weight is 465 g/mol. The van der Waals surface area contributed by atoms with Gasteiger partial charge in [0.05, 0.1) is 30.8 Å². The van der Waals surface area contributed by atoms with Crippen LogP contribution in [0.4, 0.5) is 0 Å². The van der Waals surface area contributed by atoms with Crippen molar-refractivity contribution in [3.8, 4) is 6.07 Å². The van der Waals surface area contributed by atoms with E-state index in [1.54, 1.807) is 0 Å². The smallest absolute Gasteiger partial charge is 0.320 e. The van der Waals surface area contributed by atoms with Gasteiger partial charge in [0.25, 0.3) is 0 Å². The van der Waals surface area contributed by atoms with Gasteiger partial charge in [-0.05, 0) is 82.9 Å². The van der Waals surface area contributed by atoms with Gasteiger partial charge in [-0.3, -0.25) is 14.5 Å². The van der Waals surface area contributed by atoms with Crippen LogP contribution >= 0.6 is 0 Å². The summed E-state index contributed by atoms with van der Waals surface area (Å²) in [6.07, 6.45) is 5.92. The SMILES string of the molecule is CCOC(=O)CN(C1CC1)C(C)C(=O)N1CCC[C@H]1CCc1cc2ccc(C#N)cc2n1CC. The van der Waals surface area contributed by atoms with Crippen molar-refractivity contribution in [1.29, 1.82) is 5.26 Å². The minimum absolute atomic E-state index is 0.133. The van der Waals surface area contributed by atoms with Crippen molar-refractivity contribution in [3.63, 3.8) is 0 Å². The van der Waals surface area contributed by atoms with Crippen molar-refractivity contribution < 1.29 is 14.3 Å². The Morgan fingerprint density at radius 2 is 2.03 bits per heavy atom. The number of esters is 1. The number of likely N-dealkylation sites (tertiary alicyclic amines) is 1. The maximum atomic E-state index is 13.5. The summed E-state index contributed by atoms with van der Waals surface area (Å²) in [7, 11) is 0. The minimum Gasteiger partial charge on any atom is -0.465 e. The monoisotopic (exact) mass is 464 g/mol. The fourth-order valence-corrected chi connectivity index (χ4v) is 5.43. The molecule has 182 valence electrons. The third kappa shape index (κ3) is 5.12. The lowest BCUT2D eigenvalue weighted by Crippen LogP contribution is -2.51. The summed E-state index contributed by atoms with van der Waals surface area (Å²) < 4.78 is 7.44. The highest BCUT2D eigenvalue weighted by atomic mass is 16.5. The summed E-state index contributed by atoms with van der Waals surface area (Å²) in [5, 5.41) is 10.4. The average Bonchev–Trinajstić information content (AvgIpc) is 3.46. The number of aryl methyl sites for hydroxylation is 2. The number of aromatic nitrogens is 1. The Labute approximate surface area is 202 Å². The molecule has 2 fully saturated rings. The number of nitriles is 1. The van der Waals surface area contributed by atoms with E-state index >= 15 is 0 Å². The Hall–Kier alpha value is -2.85. The molecule has 1 amide bonds. The highest BCUT2D eigenvalue weighted by Crippen LogP contribution is 2.31. The molecule has 1 saturated carbocycles. The van der Waals surface area contributed by atoms with Crippen LogP contribution in [0, 0.1) is 11.3 Å². The van der Waals surface area contributed by atoms with Crippen LogP contribution in [0.2, 0.25) is 0 Å². The lowest BCUT2D eigenvalue weighted by atomic mass is 10.1. The van der Waals surface area contributed by atoms with Gasteiger partial charge in [-0.1, -0.05) is 6.07 Å². The van der Waals surface area contributed by atoms with E-state index in [-0.39, 0.29) is 30.5 Å². The van der Waals surface area contributed by atoms with Crippen LogP contribution in [0.3, 0.4) is 0 Å². The lowest BCUT2D eigenvalue weighted by molar-refractivity contribution is -0.147. The second kappa shape index (κ2) is 10.6. The maximum absolute atomic E-state index is 13.5. The molecule has 0 bridgehead atoms. The zero-order valence-corrected chi connectivity index (χ0v) is 20.6. The van der Waals surface area contributed by atoms with Gasteiger partial charge in [0.1, 0.15) is 0 Å². The van der Waals surface area contributed by atoms with Crippen LogP contribution in [0.25, 0.3) is 10.9 Å². The molecule has 1 aromatic heterocycles. The predicted molar refractivity (Wildman–Crippen MR) is 131 cm³/mol. The number of hydrogen-bond donors (Lipinski definition) is 0. The highest BCUT2D eigenvalue weighted by Gasteiger charge is 2.40. The molecule has 0 spiro atoms. The Morgan fingerprint density at radius 1 is 1.24 bits per heavy atom. The van der Waals surface area contributed by atoms with Crippen LogP contribution in [0.1, 0.15) is 64.1 Å². The molecule has 7 nitrogen and oxygen atoms in total. The fourth-order valence-electron chi connectivity index (χ4n) is 5.43. The van der Waals surface area contributed by atoms with Crippen molar-refractivity contribution in [3.05, 3.63) is 35.5 Å². The molecule has 0 N–H and O–H groups in total. The normalized spacial score (nSPS) is 18.9. The van der Waals surface area contributed by atoms with Crippen LogP contribution < -0.4 is 0 Å². The van der Waals surface area contributed by atoms with Crippen molar-refractivity contribution in [2.24, 2.45) is 0 Å². The highest BCUT2D eigenvalue weighted by molar-refractivity contribution is 5.84. The van der Waals surface area contributed by atoms with Crippen LogP contribution in [0.15, 0.2) is 24.3 Å². The molecule has 1 aliphatic heterocycles. The summed E-state index contributed by atoms with van der Waals surface area (Å²) in [6, 6.07) is 10.5. The third-order valence-electron chi connectivity index (χ3n) is 7.32. The number of ether oxygens (including phenoxy) is 1. The molecule has 2 aromatic rings. The number of carbonyl (C=O) groups is 2. The topological polar surface area (TPSA) is 78.6 Å². The fraction of sp³-hybridized carbons (Fsp3) is 0.593. The van der Waals surface area contributed by atoms with Gasteiger partial charge >= 0.3 is 5.97 Å². The summed E-state index contributed by atoms with van der Waals surface area (Å²) in [4.78, 5) is 29.7. The lowest BCUT2D eigenvalue weighted by Gasteiger charge is -2.33.